The maximum Gasteiger partial charge on any atom is 0.254 e. The van der Waals surface area contributed by atoms with Gasteiger partial charge in [0.1, 0.15) is 17.8 Å². The lowest BCUT2D eigenvalue weighted by molar-refractivity contribution is -0.153. The number of fused-ring (bicyclic) bond motifs is 1. The molecule has 0 saturated carbocycles. The Morgan fingerprint density at radius 3 is 2.48 bits per heavy atom. The monoisotopic (exact) mass is 345 g/mol. The molecule has 3 rings (SSSR count). The van der Waals surface area contributed by atoms with Crippen molar-refractivity contribution in [3.63, 3.8) is 0 Å². The predicted octanol–water partition coefficient (Wildman–Crippen LogP) is 0.503. The van der Waals surface area contributed by atoms with Gasteiger partial charge in [-0.1, -0.05) is 13.8 Å². The van der Waals surface area contributed by atoms with Crippen molar-refractivity contribution in [2.24, 2.45) is 5.92 Å². The predicted molar refractivity (Wildman–Crippen MR) is 91.2 cm³/mol. The molecule has 1 N–H and O–H groups in total. The van der Waals surface area contributed by atoms with Crippen LogP contribution in [0.3, 0.4) is 0 Å². The highest BCUT2D eigenvalue weighted by Gasteiger charge is 2.45. The molecule has 0 unspecified atom stereocenters. The standard InChI is InChI=1S/C18H23N3O4/c1-11(2)15-18(24)21-9-8-20(10-14(21)16(22)19-15)17(23)12-4-6-13(25-3)7-5-12/h4-7,11,14-15H,8-10H2,1-3H3,(H,19,22)/t14-,15+/m1/s1. The molecule has 2 saturated heterocycles. The Kier molecular flexibility index (Phi) is 4.65. The second-order valence-electron chi connectivity index (χ2n) is 6.76. The second kappa shape index (κ2) is 6.74. The fourth-order valence-electron chi connectivity index (χ4n) is 3.31. The van der Waals surface area contributed by atoms with Crippen LogP contribution in [0.15, 0.2) is 24.3 Å². The van der Waals surface area contributed by atoms with Gasteiger partial charge in [-0.05, 0) is 30.2 Å². The first-order chi connectivity index (χ1) is 11.9. The van der Waals surface area contributed by atoms with Gasteiger partial charge >= 0.3 is 0 Å². The van der Waals surface area contributed by atoms with E-state index >= 15 is 0 Å². The first-order valence-electron chi connectivity index (χ1n) is 8.46. The van der Waals surface area contributed by atoms with E-state index in [1.807, 2.05) is 13.8 Å². The van der Waals surface area contributed by atoms with Gasteiger partial charge in [-0.2, -0.15) is 0 Å². The number of rotatable bonds is 3. The van der Waals surface area contributed by atoms with Crippen molar-refractivity contribution in [2.45, 2.75) is 25.9 Å². The van der Waals surface area contributed by atoms with Crippen LogP contribution in [0.4, 0.5) is 0 Å². The molecule has 2 heterocycles. The van der Waals surface area contributed by atoms with Gasteiger partial charge in [-0.3, -0.25) is 14.4 Å². The van der Waals surface area contributed by atoms with Crippen molar-refractivity contribution in [3.05, 3.63) is 29.8 Å². The van der Waals surface area contributed by atoms with Crippen molar-refractivity contribution >= 4 is 17.7 Å². The van der Waals surface area contributed by atoms with Gasteiger partial charge < -0.3 is 19.9 Å². The van der Waals surface area contributed by atoms with Gasteiger partial charge in [0.25, 0.3) is 5.91 Å². The molecular formula is C18H23N3O4. The summed E-state index contributed by atoms with van der Waals surface area (Å²) in [6.45, 7) is 4.83. The summed E-state index contributed by atoms with van der Waals surface area (Å²) in [6, 6.07) is 5.77. The minimum atomic E-state index is -0.613. The number of hydrogen-bond acceptors (Lipinski definition) is 4. The number of hydrogen-bond donors (Lipinski definition) is 1. The summed E-state index contributed by atoms with van der Waals surface area (Å²) >= 11 is 0. The molecule has 3 amide bonds. The summed E-state index contributed by atoms with van der Waals surface area (Å²) in [5.74, 6) is 0.324. The molecule has 1 aromatic rings. The van der Waals surface area contributed by atoms with Gasteiger partial charge in [0.05, 0.1) is 13.7 Å². The lowest BCUT2D eigenvalue weighted by atomic mass is 9.96. The molecule has 0 spiro atoms. The van der Waals surface area contributed by atoms with Crippen LogP contribution in [-0.2, 0) is 9.59 Å². The molecule has 25 heavy (non-hydrogen) atoms. The zero-order valence-electron chi connectivity index (χ0n) is 14.7. The molecule has 2 aliphatic rings. The number of nitrogens with zero attached hydrogens (tertiary/aromatic N) is 2. The molecule has 1 aromatic carbocycles. The molecule has 7 heteroatoms. The number of piperazine rings is 2. The van der Waals surface area contributed by atoms with Crippen molar-refractivity contribution in [2.75, 3.05) is 26.7 Å². The van der Waals surface area contributed by atoms with Crippen molar-refractivity contribution < 1.29 is 19.1 Å². The van der Waals surface area contributed by atoms with Crippen LogP contribution in [-0.4, -0.2) is 66.3 Å². The van der Waals surface area contributed by atoms with Crippen LogP contribution in [0, 0.1) is 5.92 Å². The van der Waals surface area contributed by atoms with E-state index in [4.69, 9.17) is 4.74 Å². The van der Waals surface area contributed by atoms with E-state index in [0.717, 1.165) is 0 Å². The van der Waals surface area contributed by atoms with Crippen LogP contribution in [0.5, 0.6) is 5.75 Å². The van der Waals surface area contributed by atoms with Crippen molar-refractivity contribution in [1.29, 1.82) is 0 Å². The number of amides is 3. The smallest absolute Gasteiger partial charge is 0.254 e. The molecule has 0 aliphatic carbocycles. The third-order valence-electron chi connectivity index (χ3n) is 4.82. The van der Waals surface area contributed by atoms with Gasteiger partial charge in [0, 0.05) is 18.7 Å². The minimum absolute atomic E-state index is 0.0383. The van der Waals surface area contributed by atoms with Gasteiger partial charge in [0.15, 0.2) is 0 Å². The number of carbonyl (C=O) groups is 3. The van der Waals surface area contributed by atoms with E-state index in [0.29, 0.717) is 24.4 Å². The fourth-order valence-corrected chi connectivity index (χ4v) is 3.31. The summed E-state index contributed by atoms with van der Waals surface area (Å²) in [5, 5.41) is 2.79. The van der Waals surface area contributed by atoms with E-state index < -0.39 is 12.1 Å². The maximum absolute atomic E-state index is 12.7. The quantitative estimate of drug-likeness (QED) is 0.865. The normalized spacial score (nSPS) is 23.4. The highest BCUT2D eigenvalue weighted by molar-refractivity contribution is 5.99. The minimum Gasteiger partial charge on any atom is -0.497 e. The number of carbonyl (C=O) groups excluding carboxylic acids is 3. The first-order valence-corrected chi connectivity index (χ1v) is 8.46. The van der Waals surface area contributed by atoms with Gasteiger partial charge in [-0.25, -0.2) is 0 Å². The second-order valence-corrected chi connectivity index (χ2v) is 6.76. The molecule has 2 atom stereocenters. The lowest BCUT2D eigenvalue weighted by Gasteiger charge is -2.46. The van der Waals surface area contributed by atoms with E-state index in [1.165, 1.54) is 0 Å². The topological polar surface area (TPSA) is 79.0 Å². The Hall–Kier alpha value is -2.57. The zero-order valence-corrected chi connectivity index (χ0v) is 14.7. The molecular weight excluding hydrogens is 322 g/mol. The third-order valence-corrected chi connectivity index (χ3v) is 4.82. The van der Waals surface area contributed by atoms with Gasteiger partial charge in [0.2, 0.25) is 11.8 Å². The van der Waals surface area contributed by atoms with E-state index in [2.05, 4.69) is 5.32 Å². The van der Waals surface area contributed by atoms with Crippen LogP contribution in [0.25, 0.3) is 0 Å². The van der Waals surface area contributed by atoms with Crippen LogP contribution in [0.2, 0.25) is 0 Å². The number of methoxy groups -OCH3 is 1. The maximum atomic E-state index is 12.7. The lowest BCUT2D eigenvalue weighted by Crippen LogP contribution is -2.70. The number of ether oxygens (including phenoxy) is 1. The van der Waals surface area contributed by atoms with E-state index in [1.54, 1.807) is 41.2 Å². The van der Waals surface area contributed by atoms with E-state index in [-0.39, 0.29) is 30.2 Å². The first kappa shape index (κ1) is 17.3. The average Bonchev–Trinajstić information content (AvgIpc) is 2.63. The Morgan fingerprint density at radius 1 is 1.20 bits per heavy atom. The summed E-state index contributed by atoms with van der Waals surface area (Å²) in [7, 11) is 1.57. The Balaban J connectivity index is 1.73. The summed E-state index contributed by atoms with van der Waals surface area (Å²) in [6.07, 6.45) is 0. The van der Waals surface area contributed by atoms with Crippen LogP contribution < -0.4 is 10.1 Å². The highest BCUT2D eigenvalue weighted by Crippen LogP contribution is 2.21. The molecule has 0 aromatic heterocycles. The molecule has 2 fully saturated rings. The van der Waals surface area contributed by atoms with E-state index in [9.17, 15) is 14.4 Å². The average molecular weight is 345 g/mol. The fraction of sp³-hybridized carbons (Fsp3) is 0.500. The Morgan fingerprint density at radius 2 is 1.88 bits per heavy atom. The highest BCUT2D eigenvalue weighted by atomic mass is 16.5. The summed E-state index contributed by atoms with van der Waals surface area (Å²) in [5.41, 5.74) is 0.539. The number of benzene rings is 1. The molecule has 0 radical (unpaired) electrons. The molecule has 7 nitrogen and oxygen atoms in total. The van der Waals surface area contributed by atoms with Crippen LogP contribution >= 0.6 is 0 Å². The SMILES string of the molecule is COc1ccc(C(=O)N2CCN3C(=O)[C@H](C(C)C)NC(=O)[C@H]3C2)cc1. The molecule has 134 valence electrons. The summed E-state index contributed by atoms with van der Waals surface area (Å²) in [4.78, 5) is 40.9. The van der Waals surface area contributed by atoms with Gasteiger partial charge in [-0.15, -0.1) is 0 Å². The number of nitrogens with one attached hydrogen (secondary N) is 1. The zero-order chi connectivity index (χ0) is 18.1. The Bertz CT molecular complexity index is 686. The Labute approximate surface area is 146 Å². The molecule has 0 bridgehead atoms. The summed E-state index contributed by atoms with van der Waals surface area (Å²) < 4.78 is 5.10. The third kappa shape index (κ3) is 3.18. The largest absolute Gasteiger partial charge is 0.497 e. The van der Waals surface area contributed by atoms with Crippen LogP contribution in [0.1, 0.15) is 24.2 Å². The molecule has 2 aliphatic heterocycles. The van der Waals surface area contributed by atoms with Crippen molar-refractivity contribution in [1.82, 2.24) is 15.1 Å². The van der Waals surface area contributed by atoms with Crippen molar-refractivity contribution in [3.8, 4) is 5.75 Å².